The van der Waals surface area contributed by atoms with Crippen LogP contribution in [0, 0.1) is 5.92 Å². The summed E-state index contributed by atoms with van der Waals surface area (Å²) in [5.41, 5.74) is 1.66. The number of carbonyl (C=O) groups is 3. The number of esters is 1. The number of methoxy groups -OCH3 is 1. The molecule has 0 unspecified atom stereocenters. The maximum atomic E-state index is 13.7. The summed E-state index contributed by atoms with van der Waals surface area (Å²) < 4.78 is 4.84. The van der Waals surface area contributed by atoms with Gasteiger partial charge in [0.15, 0.2) is 0 Å². The van der Waals surface area contributed by atoms with E-state index in [1.54, 1.807) is 17.5 Å². The third kappa shape index (κ3) is 4.08. The van der Waals surface area contributed by atoms with E-state index in [0.29, 0.717) is 28.2 Å². The first-order valence-electron chi connectivity index (χ1n) is 10.3. The monoisotopic (exact) mass is 468 g/mol. The van der Waals surface area contributed by atoms with Crippen molar-refractivity contribution in [1.82, 2.24) is 4.90 Å². The molecule has 0 radical (unpaired) electrons. The lowest BCUT2D eigenvalue weighted by Gasteiger charge is -2.42. The van der Waals surface area contributed by atoms with Crippen LogP contribution in [0.15, 0.2) is 53.2 Å². The summed E-state index contributed by atoms with van der Waals surface area (Å²) in [6.45, 7) is 4.65. The Hall–Kier alpha value is -2.97. The zero-order valence-corrected chi connectivity index (χ0v) is 19.7. The summed E-state index contributed by atoms with van der Waals surface area (Å²) in [7, 11) is 1.31. The fourth-order valence-electron chi connectivity index (χ4n) is 4.11. The van der Waals surface area contributed by atoms with Crippen LogP contribution in [-0.2, 0) is 9.53 Å². The molecule has 0 bridgehead atoms. The second-order valence-electron chi connectivity index (χ2n) is 8.02. The summed E-state index contributed by atoms with van der Waals surface area (Å²) >= 11 is 2.74. The van der Waals surface area contributed by atoms with Crippen LogP contribution in [0.25, 0.3) is 0 Å². The van der Waals surface area contributed by atoms with Gasteiger partial charge in [-0.3, -0.25) is 9.59 Å². The smallest absolute Gasteiger partial charge is 0.350 e. The van der Waals surface area contributed by atoms with E-state index in [1.807, 2.05) is 40.6 Å². The number of nitrogens with one attached hydrogen (secondary N) is 1. The van der Waals surface area contributed by atoms with Crippen molar-refractivity contribution < 1.29 is 19.1 Å². The zero-order valence-electron chi connectivity index (χ0n) is 18.0. The second-order valence-corrected chi connectivity index (χ2v) is 9.92. The molecule has 1 aliphatic heterocycles. The van der Waals surface area contributed by atoms with Crippen LogP contribution in [0.4, 0.5) is 5.69 Å². The number of ether oxygens (including phenoxy) is 1. The van der Waals surface area contributed by atoms with Crippen molar-refractivity contribution in [1.29, 1.82) is 0 Å². The average Bonchev–Trinajstić information content (AvgIpc) is 3.47. The highest BCUT2D eigenvalue weighted by atomic mass is 32.1. The highest BCUT2D eigenvalue weighted by molar-refractivity contribution is 7.12. The molecular weight excluding hydrogens is 444 g/mol. The fourth-order valence-corrected chi connectivity index (χ4v) is 5.75. The summed E-state index contributed by atoms with van der Waals surface area (Å²) in [5, 5.41) is 6.63. The highest BCUT2D eigenvalue weighted by Gasteiger charge is 2.44. The normalized spacial score (nSPS) is 17.9. The number of fused-ring (bicyclic) bond motifs is 1. The van der Waals surface area contributed by atoms with Crippen molar-refractivity contribution >= 4 is 46.1 Å². The molecule has 1 aromatic carbocycles. The zero-order chi connectivity index (χ0) is 22.8. The molecule has 0 fully saturated rings. The summed E-state index contributed by atoms with van der Waals surface area (Å²) in [5.74, 6) is -1.21. The summed E-state index contributed by atoms with van der Waals surface area (Å²) in [6, 6.07) is 12.5. The Kier molecular flexibility index (Phi) is 6.43. The standard InChI is InChI=1S/C24H24N2O4S2/c1-14(2)13-26-20(18-9-6-11-31-18)19(15-7-4-5-8-16(15)23(26)28)22(27)25-17-10-12-32-21(17)24(29)30-3/h4-12,14,19-20H,13H2,1-3H3,(H,25,27)/t19-,20-/m1/s1. The number of hydrogen-bond acceptors (Lipinski definition) is 6. The quantitative estimate of drug-likeness (QED) is 0.506. The lowest BCUT2D eigenvalue weighted by molar-refractivity contribution is -0.119. The van der Waals surface area contributed by atoms with Crippen LogP contribution < -0.4 is 5.32 Å². The maximum Gasteiger partial charge on any atom is 0.350 e. The van der Waals surface area contributed by atoms with Crippen molar-refractivity contribution in [2.45, 2.75) is 25.8 Å². The van der Waals surface area contributed by atoms with Gasteiger partial charge in [-0.15, -0.1) is 22.7 Å². The van der Waals surface area contributed by atoms with E-state index in [-0.39, 0.29) is 17.7 Å². The molecule has 3 heterocycles. The molecule has 0 saturated carbocycles. The van der Waals surface area contributed by atoms with E-state index in [2.05, 4.69) is 19.2 Å². The Morgan fingerprint density at radius 3 is 2.56 bits per heavy atom. The van der Waals surface area contributed by atoms with Gasteiger partial charge in [-0.05, 0) is 40.4 Å². The molecule has 32 heavy (non-hydrogen) atoms. The number of hydrogen-bond donors (Lipinski definition) is 1. The number of benzene rings is 1. The maximum absolute atomic E-state index is 13.7. The SMILES string of the molecule is COC(=O)c1sccc1NC(=O)[C@@H]1c2ccccc2C(=O)N(CC(C)C)[C@@H]1c1cccs1. The number of thiophene rings is 2. The first kappa shape index (κ1) is 22.2. The Balaban J connectivity index is 1.80. The molecule has 2 atom stereocenters. The minimum Gasteiger partial charge on any atom is -0.465 e. The third-order valence-electron chi connectivity index (χ3n) is 5.41. The first-order chi connectivity index (χ1) is 15.4. The molecule has 3 aromatic rings. The van der Waals surface area contributed by atoms with Gasteiger partial charge < -0.3 is 15.0 Å². The Morgan fingerprint density at radius 2 is 1.88 bits per heavy atom. The molecule has 166 valence electrons. The van der Waals surface area contributed by atoms with Crippen LogP contribution in [0.3, 0.4) is 0 Å². The lowest BCUT2D eigenvalue weighted by Crippen LogP contribution is -2.47. The van der Waals surface area contributed by atoms with E-state index >= 15 is 0 Å². The topological polar surface area (TPSA) is 75.7 Å². The number of anilines is 1. The molecule has 2 amide bonds. The van der Waals surface area contributed by atoms with E-state index in [0.717, 1.165) is 4.88 Å². The van der Waals surface area contributed by atoms with Crippen molar-refractivity contribution in [3.8, 4) is 0 Å². The van der Waals surface area contributed by atoms with Gasteiger partial charge in [-0.2, -0.15) is 0 Å². The van der Waals surface area contributed by atoms with Crippen LogP contribution in [-0.4, -0.2) is 36.3 Å². The van der Waals surface area contributed by atoms with Gasteiger partial charge in [-0.1, -0.05) is 38.1 Å². The van der Waals surface area contributed by atoms with Crippen LogP contribution >= 0.6 is 22.7 Å². The van der Waals surface area contributed by atoms with Crippen LogP contribution in [0.1, 0.15) is 56.3 Å². The van der Waals surface area contributed by atoms with E-state index in [4.69, 9.17) is 4.74 Å². The number of nitrogens with zero attached hydrogens (tertiary/aromatic N) is 1. The van der Waals surface area contributed by atoms with Gasteiger partial charge in [0.05, 0.1) is 24.8 Å². The summed E-state index contributed by atoms with van der Waals surface area (Å²) in [6.07, 6.45) is 0. The molecule has 4 rings (SSSR count). The Bertz CT molecular complexity index is 1140. The van der Waals surface area contributed by atoms with Gasteiger partial charge in [0, 0.05) is 17.0 Å². The molecule has 2 aromatic heterocycles. The summed E-state index contributed by atoms with van der Waals surface area (Å²) in [4.78, 5) is 42.4. The molecule has 0 spiro atoms. The molecular formula is C24H24N2O4S2. The molecule has 1 N–H and O–H groups in total. The first-order valence-corrected chi connectivity index (χ1v) is 12.1. The minimum absolute atomic E-state index is 0.0671. The van der Waals surface area contributed by atoms with E-state index in [1.165, 1.54) is 29.8 Å². The fraction of sp³-hybridized carbons (Fsp3) is 0.292. The predicted molar refractivity (Wildman–Crippen MR) is 126 cm³/mol. The van der Waals surface area contributed by atoms with Crippen molar-refractivity contribution in [2.75, 3.05) is 19.0 Å². The Labute approximate surface area is 194 Å². The van der Waals surface area contributed by atoms with Crippen molar-refractivity contribution in [3.05, 3.63) is 74.1 Å². The largest absolute Gasteiger partial charge is 0.465 e. The Morgan fingerprint density at radius 1 is 1.09 bits per heavy atom. The average molecular weight is 469 g/mol. The molecule has 0 aliphatic carbocycles. The number of carbonyl (C=O) groups excluding carboxylic acids is 3. The predicted octanol–water partition coefficient (Wildman–Crippen LogP) is 5.17. The minimum atomic E-state index is -0.619. The molecule has 6 nitrogen and oxygen atoms in total. The molecule has 0 saturated heterocycles. The van der Waals surface area contributed by atoms with Gasteiger partial charge in [0.2, 0.25) is 5.91 Å². The second kappa shape index (κ2) is 9.26. The van der Waals surface area contributed by atoms with Gasteiger partial charge in [0.1, 0.15) is 4.88 Å². The van der Waals surface area contributed by atoms with Gasteiger partial charge in [-0.25, -0.2) is 4.79 Å². The van der Waals surface area contributed by atoms with Gasteiger partial charge >= 0.3 is 5.97 Å². The third-order valence-corrected chi connectivity index (χ3v) is 7.25. The number of amides is 2. The molecule has 1 aliphatic rings. The van der Waals surface area contributed by atoms with Crippen molar-refractivity contribution in [3.63, 3.8) is 0 Å². The van der Waals surface area contributed by atoms with Crippen LogP contribution in [0.5, 0.6) is 0 Å². The molecule has 8 heteroatoms. The van der Waals surface area contributed by atoms with Crippen molar-refractivity contribution in [2.24, 2.45) is 5.92 Å². The van der Waals surface area contributed by atoms with Crippen LogP contribution in [0.2, 0.25) is 0 Å². The van der Waals surface area contributed by atoms with E-state index < -0.39 is 17.9 Å². The van der Waals surface area contributed by atoms with Gasteiger partial charge in [0.25, 0.3) is 5.91 Å². The lowest BCUT2D eigenvalue weighted by atomic mass is 9.81. The highest BCUT2D eigenvalue weighted by Crippen LogP contribution is 2.45. The van der Waals surface area contributed by atoms with E-state index in [9.17, 15) is 14.4 Å². The number of rotatable bonds is 6.